The summed E-state index contributed by atoms with van der Waals surface area (Å²) in [5.41, 5.74) is 6.10. The molecule has 0 aliphatic rings. The predicted octanol–water partition coefficient (Wildman–Crippen LogP) is 3.63. The highest BCUT2D eigenvalue weighted by atomic mass is 79.9. The monoisotopic (exact) mass is 304 g/mol. The third-order valence-corrected chi connectivity index (χ3v) is 5.43. The summed E-state index contributed by atoms with van der Waals surface area (Å²) in [5.74, 6) is 0. The van der Waals surface area contributed by atoms with Crippen molar-refractivity contribution in [1.29, 1.82) is 0 Å². The van der Waals surface area contributed by atoms with Gasteiger partial charge in [-0.3, -0.25) is 4.90 Å². The molecule has 16 heavy (non-hydrogen) atoms. The fourth-order valence-corrected chi connectivity index (χ4v) is 3.45. The highest BCUT2D eigenvalue weighted by Crippen LogP contribution is 2.35. The summed E-state index contributed by atoms with van der Waals surface area (Å²) < 4.78 is 1.17. The maximum absolute atomic E-state index is 5.93. The molecular weight excluding hydrogens is 284 g/mol. The summed E-state index contributed by atoms with van der Waals surface area (Å²) in [7, 11) is 2.16. The van der Waals surface area contributed by atoms with Gasteiger partial charge in [0.1, 0.15) is 0 Å². The molecule has 0 spiro atoms. The molecule has 0 saturated carbocycles. The molecule has 2 N–H and O–H groups in total. The van der Waals surface area contributed by atoms with Crippen LogP contribution < -0.4 is 5.73 Å². The topological polar surface area (TPSA) is 29.3 Å². The summed E-state index contributed by atoms with van der Waals surface area (Å²) >= 11 is 5.36. The first kappa shape index (κ1) is 14.2. The number of hydrogen-bond acceptors (Lipinski definition) is 3. The summed E-state index contributed by atoms with van der Waals surface area (Å²) in [6, 6.07) is 2.39. The number of hydrogen-bond donors (Lipinski definition) is 1. The summed E-state index contributed by atoms with van der Waals surface area (Å²) in [5, 5.41) is 2.11. The average Bonchev–Trinajstić information content (AvgIpc) is 2.66. The second-order valence-electron chi connectivity index (χ2n) is 4.66. The number of halogens is 1. The third-order valence-electron chi connectivity index (χ3n) is 3.46. The minimum atomic E-state index is 0.174. The molecule has 0 saturated heterocycles. The molecule has 0 bridgehead atoms. The Morgan fingerprint density at radius 3 is 2.56 bits per heavy atom. The van der Waals surface area contributed by atoms with Crippen molar-refractivity contribution in [3.8, 4) is 0 Å². The SMILES string of the molecule is CCC(C)(C)N(C)C(CN)c1sccc1Br. The second kappa shape index (κ2) is 5.63. The summed E-state index contributed by atoms with van der Waals surface area (Å²) in [4.78, 5) is 3.70. The average molecular weight is 305 g/mol. The van der Waals surface area contributed by atoms with Crippen LogP contribution in [0.1, 0.15) is 38.1 Å². The lowest BCUT2D eigenvalue weighted by Crippen LogP contribution is -2.45. The smallest absolute Gasteiger partial charge is 0.0577 e. The van der Waals surface area contributed by atoms with E-state index in [1.807, 2.05) is 0 Å². The standard InChI is InChI=1S/C12H21BrN2S/c1-5-12(2,3)15(4)10(8-14)11-9(13)6-7-16-11/h6-7,10H,5,8,14H2,1-4H3. The molecule has 0 aromatic carbocycles. The van der Waals surface area contributed by atoms with Gasteiger partial charge in [-0.15, -0.1) is 11.3 Å². The molecule has 92 valence electrons. The summed E-state index contributed by atoms with van der Waals surface area (Å²) in [6.45, 7) is 7.39. The van der Waals surface area contributed by atoms with Gasteiger partial charge in [0.05, 0.1) is 6.04 Å². The van der Waals surface area contributed by atoms with Crippen molar-refractivity contribution in [3.05, 3.63) is 20.8 Å². The van der Waals surface area contributed by atoms with Gasteiger partial charge in [-0.05, 0) is 54.7 Å². The quantitative estimate of drug-likeness (QED) is 0.900. The maximum atomic E-state index is 5.93. The molecule has 1 aromatic rings. The number of likely N-dealkylation sites (N-methyl/N-ethyl adjacent to an activating group) is 1. The van der Waals surface area contributed by atoms with Crippen molar-refractivity contribution in [2.24, 2.45) is 5.73 Å². The lowest BCUT2D eigenvalue weighted by molar-refractivity contribution is 0.102. The van der Waals surface area contributed by atoms with Crippen LogP contribution in [0.3, 0.4) is 0 Å². The molecule has 1 aromatic heterocycles. The van der Waals surface area contributed by atoms with E-state index in [2.05, 4.69) is 60.1 Å². The van der Waals surface area contributed by atoms with Crippen LogP contribution in [-0.2, 0) is 0 Å². The van der Waals surface area contributed by atoms with E-state index in [9.17, 15) is 0 Å². The van der Waals surface area contributed by atoms with Gasteiger partial charge in [-0.25, -0.2) is 0 Å². The molecule has 2 nitrogen and oxygen atoms in total. The molecule has 1 unspecified atom stereocenters. The van der Waals surface area contributed by atoms with Gasteiger partial charge < -0.3 is 5.73 Å². The molecule has 0 aliphatic heterocycles. The minimum Gasteiger partial charge on any atom is -0.329 e. The van der Waals surface area contributed by atoms with E-state index in [1.54, 1.807) is 11.3 Å². The first-order chi connectivity index (χ1) is 7.44. The van der Waals surface area contributed by atoms with Crippen LogP contribution in [0.15, 0.2) is 15.9 Å². The molecule has 4 heteroatoms. The van der Waals surface area contributed by atoms with E-state index in [0.29, 0.717) is 12.6 Å². The van der Waals surface area contributed by atoms with Crippen LogP contribution in [0.2, 0.25) is 0 Å². The van der Waals surface area contributed by atoms with E-state index in [0.717, 1.165) is 6.42 Å². The Bertz CT molecular complexity index is 336. The van der Waals surface area contributed by atoms with Crippen molar-refractivity contribution >= 4 is 27.3 Å². The van der Waals surface area contributed by atoms with Gasteiger partial charge in [0, 0.05) is 21.4 Å². The molecule has 1 rings (SSSR count). The number of rotatable bonds is 5. The van der Waals surface area contributed by atoms with Crippen molar-refractivity contribution < 1.29 is 0 Å². The highest BCUT2D eigenvalue weighted by molar-refractivity contribution is 9.10. The molecular formula is C12H21BrN2S. The first-order valence-corrected chi connectivity index (χ1v) is 7.27. The number of thiophene rings is 1. The van der Waals surface area contributed by atoms with Gasteiger partial charge in [-0.2, -0.15) is 0 Å². The first-order valence-electron chi connectivity index (χ1n) is 5.60. The van der Waals surface area contributed by atoms with E-state index in [1.165, 1.54) is 9.35 Å². The normalized spacial score (nSPS) is 14.4. The molecule has 0 fully saturated rings. The zero-order valence-corrected chi connectivity index (χ0v) is 12.9. The molecule has 0 aliphatic carbocycles. The predicted molar refractivity (Wildman–Crippen MR) is 75.9 cm³/mol. The van der Waals surface area contributed by atoms with Crippen molar-refractivity contribution in [2.45, 2.75) is 38.8 Å². The minimum absolute atomic E-state index is 0.174. The van der Waals surface area contributed by atoms with E-state index < -0.39 is 0 Å². The van der Waals surface area contributed by atoms with Crippen molar-refractivity contribution in [1.82, 2.24) is 4.90 Å². The van der Waals surface area contributed by atoms with Gasteiger partial charge in [0.15, 0.2) is 0 Å². The molecule has 1 heterocycles. The van der Waals surface area contributed by atoms with E-state index >= 15 is 0 Å². The van der Waals surface area contributed by atoms with Crippen LogP contribution in [0.4, 0.5) is 0 Å². The van der Waals surface area contributed by atoms with E-state index in [4.69, 9.17) is 5.73 Å². The van der Waals surface area contributed by atoms with Gasteiger partial charge in [0.2, 0.25) is 0 Å². The van der Waals surface area contributed by atoms with Crippen molar-refractivity contribution in [2.75, 3.05) is 13.6 Å². The van der Waals surface area contributed by atoms with E-state index in [-0.39, 0.29) is 5.54 Å². The van der Waals surface area contributed by atoms with Crippen LogP contribution in [0, 0.1) is 0 Å². The summed E-state index contributed by atoms with van der Waals surface area (Å²) in [6.07, 6.45) is 1.11. The molecule has 0 radical (unpaired) electrons. The lowest BCUT2D eigenvalue weighted by Gasteiger charge is -2.40. The highest BCUT2D eigenvalue weighted by Gasteiger charge is 2.29. The number of nitrogens with two attached hydrogens (primary N) is 1. The maximum Gasteiger partial charge on any atom is 0.0577 e. The Morgan fingerprint density at radius 1 is 1.56 bits per heavy atom. The Labute approximate surface area is 111 Å². The Morgan fingerprint density at radius 2 is 2.19 bits per heavy atom. The van der Waals surface area contributed by atoms with Crippen LogP contribution >= 0.6 is 27.3 Å². The lowest BCUT2D eigenvalue weighted by atomic mass is 9.97. The third kappa shape index (κ3) is 2.86. The Balaban J connectivity index is 2.96. The molecule has 0 amide bonds. The Kier molecular flexibility index (Phi) is 4.98. The van der Waals surface area contributed by atoms with Gasteiger partial charge >= 0.3 is 0 Å². The second-order valence-corrected chi connectivity index (χ2v) is 6.46. The van der Waals surface area contributed by atoms with Crippen LogP contribution in [-0.4, -0.2) is 24.0 Å². The van der Waals surface area contributed by atoms with Crippen LogP contribution in [0.25, 0.3) is 0 Å². The number of nitrogens with zero attached hydrogens (tertiary/aromatic N) is 1. The Hall–Kier alpha value is 0.100. The fraction of sp³-hybridized carbons (Fsp3) is 0.667. The van der Waals surface area contributed by atoms with Gasteiger partial charge in [0.25, 0.3) is 0 Å². The van der Waals surface area contributed by atoms with Gasteiger partial charge in [-0.1, -0.05) is 6.92 Å². The zero-order chi connectivity index (χ0) is 12.3. The largest absolute Gasteiger partial charge is 0.329 e. The van der Waals surface area contributed by atoms with Crippen molar-refractivity contribution in [3.63, 3.8) is 0 Å². The zero-order valence-electron chi connectivity index (χ0n) is 10.5. The molecule has 1 atom stereocenters. The van der Waals surface area contributed by atoms with Crippen LogP contribution in [0.5, 0.6) is 0 Å². The fourth-order valence-electron chi connectivity index (χ4n) is 1.66.